The van der Waals surface area contributed by atoms with Crippen LogP contribution in [0.1, 0.15) is 55.0 Å². The molecule has 0 saturated carbocycles. The van der Waals surface area contributed by atoms with E-state index in [1.54, 1.807) is 32.2 Å². The number of esters is 1. The van der Waals surface area contributed by atoms with Gasteiger partial charge in [0.25, 0.3) is 0 Å². The minimum Gasteiger partial charge on any atom is -0.488 e. The maximum absolute atomic E-state index is 15.6. The molecule has 2 heterocycles. The summed E-state index contributed by atoms with van der Waals surface area (Å²) >= 11 is 0. The number of halogens is 1. The van der Waals surface area contributed by atoms with Crippen molar-refractivity contribution < 1.29 is 27.8 Å². The molecular formula is C33H36FNO5. The van der Waals surface area contributed by atoms with Gasteiger partial charge in [0.15, 0.2) is 0 Å². The zero-order valence-electron chi connectivity index (χ0n) is 23.1. The number of furan rings is 1. The number of ether oxygens (including phenoxy) is 3. The van der Waals surface area contributed by atoms with Gasteiger partial charge in [0.1, 0.15) is 23.8 Å². The molecule has 4 aromatic rings. The van der Waals surface area contributed by atoms with E-state index < -0.39 is 6.04 Å². The molecule has 0 unspecified atom stereocenters. The highest BCUT2D eigenvalue weighted by Crippen LogP contribution is 2.36. The van der Waals surface area contributed by atoms with E-state index in [-0.39, 0.29) is 24.8 Å². The predicted octanol–water partition coefficient (Wildman–Crippen LogP) is 6.91. The highest BCUT2D eigenvalue weighted by atomic mass is 19.1. The summed E-state index contributed by atoms with van der Waals surface area (Å²) in [6.07, 6.45) is 4.62. The Hall–Kier alpha value is -3.68. The molecule has 7 heteroatoms. The van der Waals surface area contributed by atoms with Crippen LogP contribution in [0.4, 0.5) is 4.39 Å². The highest BCUT2D eigenvalue weighted by molar-refractivity contribution is 5.89. The van der Waals surface area contributed by atoms with Gasteiger partial charge >= 0.3 is 5.97 Å². The Morgan fingerprint density at radius 3 is 2.65 bits per heavy atom. The van der Waals surface area contributed by atoms with Crippen molar-refractivity contribution in [1.29, 1.82) is 0 Å². The van der Waals surface area contributed by atoms with Crippen LogP contribution in [0.3, 0.4) is 0 Å². The van der Waals surface area contributed by atoms with Crippen LogP contribution in [0.2, 0.25) is 0 Å². The van der Waals surface area contributed by atoms with E-state index in [1.807, 2.05) is 42.5 Å². The monoisotopic (exact) mass is 545 g/mol. The van der Waals surface area contributed by atoms with E-state index in [0.717, 1.165) is 65.7 Å². The molecule has 1 atom stereocenters. The molecule has 6 nitrogen and oxygen atoms in total. The Kier molecular flexibility index (Phi) is 8.82. The molecule has 5 rings (SSSR count). The number of hydrogen-bond donors (Lipinski definition) is 1. The number of nitrogens with two attached hydrogens (primary N) is 1. The summed E-state index contributed by atoms with van der Waals surface area (Å²) in [7, 11) is 0. The molecule has 0 amide bonds. The van der Waals surface area contributed by atoms with Crippen LogP contribution in [0, 0.1) is 11.7 Å². The van der Waals surface area contributed by atoms with Crippen molar-refractivity contribution in [3.05, 3.63) is 88.9 Å². The Morgan fingerprint density at radius 2 is 1.88 bits per heavy atom. The Balaban J connectivity index is 1.51. The van der Waals surface area contributed by atoms with Gasteiger partial charge in [-0.1, -0.05) is 36.4 Å². The smallest absolute Gasteiger partial charge is 0.310 e. The quantitative estimate of drug-likeness (QED) is 0.218. The number of benzene rings is 3. The Morgan fingerprint density at radius 1 is 1.07 bits per heavy atom. The summed E-state index contributed by atoms with van der Waals surface area (Å²) < 4.78 is 38.6. The molecule has 1 aliphatic rings. The third kappa shape index (κ3) is 6.21. The molecule has 0 aliphatic carbocycles. The summed E-state index contributed by atoms with van der Waals surface area (Å²) in [5.74, 6) is 0.472. The maximum atomic E-state index is 15.6. The Labute approximate surface area is 234 Å². The lowest BCUT2D eigenvalue weighted by atomic mass is 9.89. The molecular weight excluding hydrogens is 509 g/mol. The lowest BCUT2D eigenvalue weighted by Crippen LogP contribution is -2.17. The average molecular weight is 546 g/mol. The third-order valence-corrected chi connectivity index (χ3v) is 7.51. The Bertz CT molecular complexity index is 1470. The zero-order valence-corrected chi connectivity index (χ0v) is 23.1. The van der Waals surface area contributed by atoms with Crippen LogP contribution in [0.25, 0.3) is 22.1 Å². The van der Waals surface area contributed by atoms with Gasteiger partial charge in [0.05, 0.1) is 19.3 Å². The van der Waals surface area contributed by atoms with Gasteiger partial charge in [-0.15, -0.1) is 0 Å². The van der Waals surface area contributed by atoms with Crippen molar-refractivity contribution in [1.82, 2.24) is 0 Å². The fraction of sp³-hybridized carbons (Fsp3) is 0.364. The molecule has 0 radical (unpaired) electrons. The highest BCUT2D eigenvalue weighted by Gasteiger charge is 2.21. The first-order valence-corrected chi connectivity index (χ1v) is 14.0. The van der Waals surface area contributed by atoms with Gasteiger partial charge in [-0.25, -0.2) is 4.39 Å². The largest absolute Gasteiger partial charge is 0.488 e. The maximum Gasteiger partial charge on any atom is 0.310 e. The molecule has 0 spiro atoms. The second kappa shape index (κ2) is 12.7. The van der Waals surface area contributed by atoms with Gasteiger partial charge in [0, 0.05) is 46.9 Å². The number of fused-ring (bicyclic) bond motifs is 1. The van der Waals surface area contributed by atoms with E-state index in [4.69, 9.17) is 24.4 Å². The first-order chi connectivity index (χ1) is 19.4. The standard InChI is InChI=1S/C33H36FNO5/c1-3-38-31(36)18-23-7-4-5-10-30(23)39-19-26-20-40-33-25(15-22-11-13-37-14-12-22)16-24(17-29(26)33)28-9-6-8-27(21(2)35)32(28)34/h4-10,16-17,20-22H,3,11-15,18-19,35H2,1-2H3/t21-/m1/s1. The molecule has 1 fully saturated rings. The van der Waals surface area contributed by atoms with Crippen LogP contribution in [-0.4, -0.2) is 25.8 Å². The lowest BCUT2D eigenvalue weighted by Gasteiger charge is -2.22. The number of carbonyl (C=O) groups excluding carboxylic acids is 1. The first-order valence-electron chi connectivity index (χ1n) is 14.0. The van der Waals surface area contributed by atoms with Crippen LogP contribution < -0.4 is 10.5 Å². The van der Waals surface area contributed by atoms with Gasteiger partial charge in [-0.3, -0.25) is 4.79 Å². The minimum atomic E-state index is -0.419. The van der Waals surface area contributed by atoms with E-state index in [9.17, 15) is 4.79 Å². The van der Waals surface area contributed by atoms with Crippen molar-refractivity contribution in [2.75, 3.05) is 19.8 Å². The summed E-state index contributed by atoms with van der Waals surface area (Å²) in [5, 5.41) is 0.882. The minimum absolute atomic E-state index is 0.130. The topological polar surface area (TPSA) is 83.9 Å². The van der Waals surface area contributed by atoms with E-state index in [2.05, 4.69) is 0 Å². The van der Waals surface area contributed by atoms with E-state index in [0.29, 0.717) is 29.4 Å². The first kappa shape index (κ1) is 27.9. The normalized spacial score (nSPS) is 14.8. The van der Waals surface area contributed by atoms with E-state index in [1.165, 1.54) is 0 Å². The van der Waals surface area contributed by atoms with Crippen LogP contribution >= 0.6 is 0 Å². The molecule has 2 N–H and O–H groups in total. The lowest BCUT2D eigenvalue weighted by molar-refractivity contribution is -0.142. The molecule has 1 saturated heterocycles. The van der Waals surface area contributed by atoms with Gasteiger partial charge in [-0.2, -0.15) is 0 Å². The third-order valence-electron chi connectivity index (χ3n) is 7.51. The molecule has 0 bridgehead atoms. The zero-order chi connectivity index (χ0) is 28.1. The summed E-state index contributed by atoms with van der Waals surface area (Å²) in [4.78, 5) is 12.1. The molecule has 40 heavy (non-hydrogen) atoms. The molecule has 1 aromatic heterocycles. The van der Waals surface area contributed by atoms with Gasteiger partial charge in [0.2, 0.25) is 0 Å². The van der Waals surface area contributed by atoms with Crippen LogP contribution in [0.15, 0.2) is 65.3 Å². The van der Waals surface area contributed by atoms with Crippen molar-refractivity contribution in [3.8, 4) is 16.9 Å². The number of hydrogen-bond acceptors (Lipinski definition) is 6. The van der Waals surface area contributed by atoms with Crippen LogP contribution in [0.5, 0.6) is 5.75 Å². The van der Waals surface area contributed by atoms with Crippen molar-refractivity contribution in [3.63, 3.8) is 0 Å². The number of carbonyl (C=O) groups is 1. The van der Waals surface area contributed by atoms with Gasteiger partial charge in [-0.05, 0) is 68.4 Å². The molecule has 210 valence electrons. The predicted molar refractivity (Wildman–Crippen MR) is 153 cm³/mol. The molecule has 3 aromatic carbocycles. The second-order valence-corrected chi connectivity index (χ2v) is 10.4. The fourth-order valence-corrected chi connectivity index (χ4v) is 5.38. The second-order valence-electron chi connectivity index (χ2n) is 10.4. The average Bonchev–Trinajstić information content (AvgIpc) is 3.36. The molecule has 1 aliphatic heterocycles. The SMILES string of the molecule is CCOC(=O)Cc1ccccc1OCc1coc2c(CC3CCOCC3)cc(-c3cccc([C@@H](C)N)c3F)cc12. The summed E-state index contributed by atoms with van der Waals surface area (Å²) in [6, 6.07) is 16.4. The van der Waals surface area contributed by atoms with E-state index >= 15 is 4.39 Å². The van der Waals surface area contributed by atoms with Crippen molar-refractivity contribution in [2.45, 2.75) is 52.2 Å². The van der Waals surface area contributed by atoms with Crippen LogP contribution in [-0.2, 0) is 33.7 Å². The fourth-order valence-electron chi connectivity index (χ4n) is 5.38. The summed E-state index contributed by atoms with van der Waals surface area (Å²) in [6.45, 7) is 5.63. The van der Waals surface area contributed by atoms with Crippen molar-refractivity contribution in [2.24, 2.45) is 11.7 Å². The number of para-hydroxylation sites is 1. The summed E-state index contributed by atoms with van der Waals surface area (Å²) in [5.41, 5.74) is 11.3. The number of rotatable bonds is 10. The van der Waals surface area contributed by atoms with Gasteiger partial charge < -0.3 is 24.4 Å². The van der Waals surface area contributed by atoms with Crippen molar-refractivity contribution >= 4 is 16.9 Å².